The topological polar surface area (TPSA) is 0 Å². The van der Waals surface area contributed by atoms with Crippen LogP contribution in [0.4, 0.5) is 0 Å². The van der Waals surface area contributed by atoms with Gasteiger partial charge in [0.25, 0.3) is 0 Å². The molecule has 2 aromatic heterocycles. The quantitative estimate of drug-likeness (QED) is 0.147. The third kappa shape index (κ3) is 3.00. The lowest BCUT2D eigenvalue weighted by Crippen LogP contribution is -2.28. The zero-order valence-corrected chi connectivity index (χ0v) is 30.6. The molecule has 2 atom stereocenters. The molecule has 0 bridgehead atoms. The van der Waals surface area contributed by atoms with Gasteiger partial charge in [0.1, 0.15) is 0 Å². The number of allylic oxidation sites excluding steroid dienone is 2. The molecule has 2 heteroatoms. The van der Waals surface area contributed by atoms with Crippen molar-refractivity contribution in [2.45, 2.75) is 10.8 Å². The van der Waals surface area contributed by atoms with Gasteiger partial charge in [-0.15, -0.1) is 22.7 Å². The summed E-state index contributed by atoms with van der Waals surface area (Å²) in [6.45, 7) is 0. The number of rotatable bonds is 0. The molecule has 14 rings (SSSR count). The summed E-state index contributed by atoms with van der Waals surface area (Å²) >= 11 is 3.86. The number of fused-ring (bicyclic) bond motifs is 24. The Morgan fingerprint density at radius 3 is 1.06 bits per heavy atom. The second kappa shape index (κ2) is 9.53. The van der Waals surface area contributed by atoms with E-state index in [0.29, 0.717) is 0 Å². The Morgan fingerprint density at radius 2 is 0.611 bits per heavy atom. The van der Waals surface area contributed by atoms with Gasteiger partial charge in [-0.2, -0.15) is 0 Å². The molecular weight excluding hydrogens is 689 g/mol. The van der Waals surface area contributed by atoms with E-state index in [-0.39, 0.29) is 0 Å². The van der Waals surface area contributed by atoms with Gasteiger partial charge < -0.3 is 0 Å². The van der Waals surface area contributed by atoms with Crippen LogP contribution in [0.15, 0.2) is 170 Å². The van der Waals surface area contributed by atoms with E-state index in [0.717, 1.165) is 0 Å². The first-order valence-electron chi connectivity index (χ1n) is 18.8. The first kappa shape index (κ1) is 28.4. The maximum atomic E-state index is 2.58. The predicted molar refractivity (Wildman–Crippen MR) is 229 cm³/mol. The van der Waals surface area contributed by atoms with Crippen molar-refractivity contribution in [2.24, 2.45) is 0 Å². The lowest BCUT2D eigenvalue weighted by molar-refractivity contribution is 0.828. The van der Waals surface area contributed by atoms with Crippen LogP contribution in [-0.4, -0.2) is 0 Å². The third-order valence-corrected chi connectivity index (χ3v) is 15.6. The summed E-state index contributed by atoms with van der Waals surface area (Å²) in [4.78, 5) is 0. The van der Waals surface area contributed by atoms with Crippen LogP contribution in [-0.2, 0) is 10.8 Å². The molecule has 0 nitrogen and oxygen atoms in total. The van der Waals surface area contributed by atoms with E-state index in [1.54, 1.807) is 0 Å². The van der Waals surface area contributed by atoms with Crippen LogP contribution in [0.2, 0.25) is 0 Å². The minimum atomic E-state index is -0.457. The van der Waals surface area contributed by atoms with Crippen molar-refractivity contribution in [2.75, 3.05) is 0 Å². The van der Waals surface area contributed by atoms with Crippen molar-refractivity contribution >= 4 is 74.2 Å². The maximum Gasteiger partial charge on any atom is 0.0729 e. The van der Waals surface area contributed by atoms with Gasteiger partial charge in [0.2, 0.25) is 0 Å². The zero-order valence-electron chi connectivity index (χ0n) is 29.0. The highest BCUT2D eigenvalue weighted by atomic mass is 32.1. The Kier molecular flexibility index (Phi) is 5.02. The van der Waals surface area contributed by atoms with Gasteiger partial charge in [-0.25, -0.2) is 0 Å². The van der Waals surface area contributed by atoms with Crippen LogP contribution in [0.3, 0.4) is 0 Å². The second-order valence-electron chi connectivity index (χ2n) is 15.4. The first-order chi connectivity index (χ1) is 26.8. The lowest BCUT2D eigenvalue weighted by atomic mass is 9.66. The molecule has 2 heterocycles. The minimum absolute atomic E-state index is 0.457. The molecule has 8 aromatic carbocycles. The summed E-state index contributed by atoms with van der Waals surface area (Å²) < 4.78 is 5.42. The molecule has 0 N–H and O–H groups in total. The van der Waals surface area contributed by atoms with E-state index in [2.05, 4.69) is 170 Å². The van der Waals surface area contributed by atoms with Gasteiger partial charge in [-0.3, -0.25) is 0 Å². The fourth-order valence-corrected chi connectivity index (χ4v) is 13.7. The van der Waals surface area contributed by atoms with Gasteiger partial charge in [0.15, 0.2) is 0 Å². The molecule has 0 fully saturated rings. The van der Waals surface area contributed by atoms with Crippen molar-refractivity contribution in [1.29, 1.82) is 0 Å². The minimum Gasteiger partial charge on any atom is -0.135 e. The van der Waals surface area contributed by atoms with E-state index in [1.165, 1.54) is 118 Å². The summed E-state index contributed by atoms with van der Waals surface area (Å²) in [5.74, 6) is 0. The lowest BCUT2D eigenvalue weighted by Gasteiger charge is -2.34. The predicted octanol–water partition coefficient (Wildman–Crippen LogP) is 14.0. The zero-order chi connectivity index (χ0) is 34.9. The monoisotopic (exact) mass is 716 g/mol. The van der Waals surface area contributed by atoms with Crippen molar-refractivity contribution < 1.29 is 0 Å². The molecule has 2 spiro atoms. The fourth-order valence-electron chi connectivity index (χ4n) is 11.5. The molecule has 0 radical (unpaired) electrons. The van der Waals surface area contributed by atoms with E-state index in [1.807, 2.05) is 22.7 Å². The molecule has 0 amide bonds. The standard InChI is InChI=1S/C52H28S2/c1-7-19-39-29(13-1)35-25-37-31-15-5-11-23-45(31)53-47(37)27-43(35)51(39)41-21-9-3-17-33(41)50-49(51)34-18-4-10-22-42(34)52(50)40-20-8-2-14-30(40)36-26-38-32-16-6-12-24-46(32)54-48(38)28-44(36)52/h1-28H. The van der Waals surface area contributed by atoms with Crippen LogP contribution in [0.1, 0.15) is 44.5 Å². The van der Waals surface area contributed by atoms with E-state index in [9.17, 15) is 0 Å². The molecule has 4 aliphatic rings. The average Bonchev–Trinajstić information content (AvgIpc) is 4.04. The molecule has 10 aromatic rings. The Hall–Kier alpha value is -6.06. The SMILES string of the molecule is c1ccc2c(c1)C1=C(c3ccccc3C13c1ccccc1-c1cc4c(cc13)sc1ccccc14)C21c2ccccc2-c2cc3c(cc21)sc1ccccc13. The molecule has 248 valence electrons. The highest BCUT2D eigenvalue weighted by Gasteiger charge is 2.63. The largest absolute Gasteiger partial charge is 0.135 e. The van der Waals surface area contributed by atoms with Gasteiger partial charge in [-0.1, -0.05) is 133 Å². The van der Waals surface area contributed by atoms with Crippen LogP contribution in [0, 0.1) is 0 Å². The highest BCUT2D eigenvalue weighted by Crippen LogP contribution is 2.75. The molecule has 54 heavy (non-hydrogen) atoms. The summed E-state index contributed by atoms with van der Waals surface area (Å²) in [5, 5.41) is 5.41. The second-order valence-corrected chi connectivity index (χ2v) is 17.6. The molecular formula is C52H28S2. The fraction of sp³-hybridized carbons (Fsp3) is 0.0385. The molecule has 0 saturated carbocycles. The number of thiophene rings is 2. The van der Waals surface area contributed by atoms with Gasteiger partial charge >= 0.3 is 0 Å². The van der Waals surface area contributed by atoms with Crippen LogP contribution >= 0.6 is 22.7 Å². The molecule has 4 aliphatic carbocycles. The number of hydrogen-bond donors (Lipinski definition) is 0. The Morgan fingerprint density at radius 1 is 0.259 bits per heavy atom. The number of hydrogen-bond acceptors (Lipinski definition) is 2. The van der Waals surface area contributed by atoms with E-state index in [4.69, 9.17) is 0 Å². The summed E-state index contributed by atoms with van der Waals surface area (Å²) in [6, 6.07) is 65.5. The number of benzene rings is 8. The Labute approximate surface area is 319 Å². The average molecular weight is 717 g/mol. The van der Waals surface area contributed by atoms with Crippen molar-refractivity contribution in [3.63, 3.8) is 0 Å². The van der Waals surface area contributed by atoms with Crippen LogP contribution < -0.4 is 0 Å². The summed E-state index contributed by atoms with van der Waals surface area (Å²) in [6.07, 6.45) is 0. The normalized spacial score (nSPS) is 19.6. The van der Waals surface area contributed by atoms with Crippen LogP contribution in [0.5, 0.6) is 0 Å². The first-order valence-corrected chi connectivity index (χ1v) is 20.5. The maximum absolute atomic E-state index is 2.58. The summed E-state index contributed by atoms with van der Waals surface area (Å²) in [7, 11) is 0. The molecule has 2 unspecified atom stereocenters. The van der Waals surface area contributed by atoms with Crippen molar-refractivity contribution in [3.8, 4) is 22.3 Å². The van der Waals surface area contributed by atoms with E-state index >= 15 is 0 Å². The highest BCUT2D eigenvalue weighted by molar-refractivity contribution is 7.26. The Balaban J connectivity index is 1.19. The Bertz CT molecular complexity index is 3180. The molecule has 0 saturated heterocycles. The van der Waals surface area contributed by atoms with E-state index < -0.39 is 10.8 Å². The summed E-state index contributed by atoms with van der Waals surface area (Å²) in [5.41, 5.74) is 18.6. The van der Waals surface area contributed by atoms with Crippen molar-refractivity contribution in [3.05, 3.63) is 214 Å². The van der Waals surface area contributed by atoms with Crippen LogP contribution in [0.25, 0.3) is 73.7 Å². The van der Waals surface area contributed by atoms with Crippen molar-refractivity contribution in [1.82, 2.24) is 0 Å². The third-order valence-electron chi connectivity index (χ3n) is 13.3. The molecule has 0 aliphatic heterocycles. The smallest absolute Gasteiger partial charge is 0.0729 e. The van der Waals surface area contributed by atoms with Gasteiger partial charge in [0.05, 0.1) is 10.8 Å². The van der Waals surface area contributed by atoms with Gasteiger partial charge in [0, 0.05) is 40.3 Å². The van der Waals surface area contributed by atoms with Gasteiger partial charge in [-0.05, 0) is 114 Å².